The molecule has 2 rings (SSSR count). The van der Waals surface area contributed by atoms with Gasteiger partial charge in [0.15, 0.2) is 5.69 Å². The maximum atomic E-state index is 12.9. The first kappa shape index (κ1) is 21.5. The fraction of sp³-hybridized carbons (Fsp3) is 0.556. The van der Waals surface area contributed by atoms with E-state index in [0.29, 0.717) is 18.8 Å². The number of carbonyl (C=O) groups excluding carboxylic acids is 2. The van der Waals surface area contributed by atoms with Crippen LogP contribution in [0.4, 0.5) is 14.5 Å². The fourth-order valence-corrected chi connectivity index (χ4v) is 2.58. The third-order valence-electron chi connectivity index (χ3n) is 4.14. The van der Waals surface area contributed by atoms with Crippen molar-refractivity contribution in [2.75, 3.05) is 11.9 Å². The summed E-state index contributed by atoms with van der Waals surface area (Å²) in [4.78, 5) is 25.1. The van der Waals surface area contributed by atoms with Crippen molar-refractivity contribution in [1.82, 2.24) is 24.9 Å². The van der Waals surface area contributed by atoms with Crippen LogP contribution >= 0.6 is 0 Å². The molecule has 0 aliphatic heterocycles. The van der Waals surface area contributed by atoms with Gasteiger partial charge in [0, 0.05) is 25.0 Å². The van der Waals surface area contributed by atoms with Gasteiger partial charge >= 0.3 is 0 Å². The Bertz CT molecular complexity index is 843. The van der Waals surface area contributed by atoms with E-state index in [1.165, 1.54) is 10.7 Å². The molecule has 2 aromatic heterocycles. The maximum absolute atomic E-state index is 12.9. The normalized spacial score (nSPS) is 12.5. The zero-order chi connectivity index (χ0) is 21.0. The largest absolute Gasteiger partial charge is 0.350 e. The minimum absolute atomic E-state index is 0.105. The number of amides is 2. The van der Waals surface area contributed by atoms with Crippen molar-refractivity contribution in [2.45, 2.75) is 53.6 Å². The van der Waals surface area contributed by atoms with E-state index in [1.54, 1.807) is 24.7 Å². The van der Waals surface area contributed by atoms with Crippen LogP contribution in [0.3, 0.4) is 0 Å². The molecule has 2 heterocycles. The highest BCUT2D eigenvalue weighted by atomic mass is 19.3. The van der Waals surface area contributed by atoms with Crippen LogP contribution in [-0.2, 0) is 11.3 Å². The van der Waals surface area contributed by atoms with Gasteiger partial charge in [0.2, 0.25) is 5.91 Å². The van der Waals surface area contributed by atoms with E-state index in [-0.39, 0.29) is 28.9 Å². The Labute approximate surface area is 162 Å². The van der Waals surface area contributed by atoms with Crippen LogP contribution in [0.5, 0.6) is 0 Å². The number of nitrogens with zero attached hydrogens (tertiary/aromatic N) is 4. The number of alkyl halides is 2. The van der Waals surface area contributed by atoms with E-state index < -0.39 is 18.4 Å². The summed E-state index contributed by atoms with van der Waals surface area (Å²) in [5.74, 6) is -0.609. The summed E-state index contributed by atoms with van der Waals surface area (Å²) >= 11 is 0. The van der Waals surface area contributed by atoms with Crippen molar-refractivity contribution in [3.8, 4) is 0 Å². The quantitative estimate of drug-likeness (QED) is 0.717. The highest BCUT2D eigenvalue weighted by Gasteiger charge is 2.24. The van der Waals surface area contributed by atoms with Crippen LogP contribution in [0.2, 0.25) is 0 Å². The lowest BCUT2D eigenvalue weighted by atomic mass is 10.2. The average molecular weight is 396 g/mol. The van der Waals surface area contributed by atoms with Crippen molar-refractivity contribution in [3.05, 3.63) is 29.3 Å². The molecule has 10 heteroatoms. The molecule has 154 valence electrons. The van der Waals surface area contributed by atoms with Crippen molar-refractivity contribution < 1.29 is 18.4 Å². The molecule has 0 radical (unpaired) electrons. The van der Waals surface area contributed by atoms with Gasteiger partial charge in [-0.25, -0.2) is 8.78 Å². The zero-order valence-corrected chi connectivity index (χ0v) is 16.7. The minimum Gasteiger partial charge on any atom is -0.350 e. The third-order valence-corrected chi connectivity index (χ3v) is 4.14. The predicted octanol–water partition coefficient (Wildman–Crippen LogP) is 2.93. The van der Waals surface area contributed by atoms with E-state index in [1.807, 2.05) is 20.8 Å². The molecule has 1 atom stereocenters. The van der Waals surface area contributed by atoms with Gasteiger partial charge in [-0.3, -0.25) is 19.0 Å². The Kier molecular flexibility index (Phi) is 6.87. The number of nitrogens with one attached hydrogen (secondary N) is 2. The molecule has 0 aliphatic rings. The molecule has 2 N–H and O–H groups in total. The Hall–Kier alpha value is -2.78. The van der Waals surface area contributed by atoms with E-state index in [2.05, 4.69) is 20.8 Å². The number of carbonyl (C=O) groups is 2. The molecule has 0 fully saturated rings. The Morgan fingerprint density at radius 3 is 2.43 bits per heavy atom. The number of anilines is 1. The summed E-state index contributed by atoms with van der Waals surface area (Å²) in [6.45, 7) is 9.94. The minimum atomic E-state index is -2.71. The second-order valence-corrected chi connectivity index (χ2v) is 6.97. The number of halogens is 2. The van der Waals surface area contributed by atoms with Gasteiger partial charge in [-0.1, -0.05) is 13.8 Å². The van der Waals surface area contributed by atoms with Crippen LogP contribution < -0.4 is 10.6 Å². The van der Waals surface area contributed by atoms with E-state index in [9.17, 15) is 18.4 Å². The smallest absolute Gasteiger partial charge is 0.282 e. The Balaban J connectivity index is 2.21. The predicted molar refractivity (Wildman–Crippen MR) is 100 cm³/mol. The Morgan fingerprint density at radius 2 is 1.89 bits per heavy atom. The molecular weight excluding hydrogens is 370 g/mol. The van der Waals surface area contributed by atoms with Gasteiger partial charge in [-0.15, -0.1) is 0 Å². The molecule has 2 aromatic rings. The van der Waals surface area contributed by atoms with E-state index in [4.69, 9.17) is 0 Å². The van der Waals surface area contributed by atoms with Gasteiger partial charge in [-0.05, 0) is 32.8 Å². The second-order valence-electron chi connectivity index (χ2n) is 6.97. The molecule has 0 bridgehead atoms. The van der Waals surface area contributed by atoms with E-state index in [0.717, 1.165) is 0 Å². The van der Waals surface area contributed by atoms with Crippen LogP contribution in [-0.4, -0.2) is 37.9 Å². The van der Waals surface area contributed by atoms with Crippen molar-refractivity contribution in [3.63, 3.8) is 0 Å². The number of hydrogen-bond donors (Lipinski definition) is 2. The maximum Gasteiger partial charge on any atom is 0.282 e. The molecular formula is C18H26F2N6O2. The summed E-state index contributed by atoms with van der Waals surface area (Å²) in [6, 6.07) is 0.401. The first-order valence-corrected chi connectivity index (χ1v) is 9.14. The molecule has 0 aliphatic carbocycles. The molecule has 0 aromatic carbocycles. The monoisotopic (exact) mass is 396 g/mol. The summed E-state index contributed by atoms with van der Waals surface area (Å²) in [5.41, 5.74) is 0.425. The first-order chi connectivity index (χ1) is 13.1. The Morgan fingerprint density at radius 1 is 1.21 bits per heavy atom. The molecule has 0 spiro atoms. The van der Waals surface area contributed by atoms with Gasteiger partial charge in [0.25, 0.3) is 12.3 Å². The summed E-state index contributed by atoms with van der Waals surface area (Å²) in [7, 11) is 0. The number of aryl methyl sites for hydroxylation is 2. The van der Waals surface area contributed by atoms with Crippen molar-refractivity contribution in [1.29, 1.82) is 0 Å². The highest BCUT2D eigenvalue weighted by Crippen LogP contribution is 2.22. The van der Waals surface area contributed by atoms with Crippen LogP contribution in [0.15, 0.2) is 12.3 Å². The summed E-state index contributed by atoms with van der Waals surface area (Å²) in [6.07, 6.45) is -1.15. The van der Waals surface area contributed by atoms with Gasteiger partial charge in [0.1, 0.15) is 11.7 Å². The topological polar surface area (TPSA) is 93.8 Å². The van der Waals surface area contributed by atoms with Gasteiger partial charge < -0.3 is 10.6 Å². The lowest BCUT2D eigenvalue weighted by Crippen LogP contribution is -2.30. The molecule has 2 amide bonds. The number of hydrogen-bond acceptors (Lipinski definition) is 4. The van der Waals surface area contributed by atoms with Gasteiger partial charge in [0.05, 0.1) is 5.69 Å². The second kappa shape index (κ2) is 8.94. The lowest BCUT2D eigenvalue weighted by molar-refractivity contribution is -0.119. The fourth-order valence-electron chi connectivity index (χ4n) is 2.58. The zero-order valence-electron chi connectivity index (χ0n) is 16.7. The molecule has 28 heavy (non-hydrogen) atoms. The SMILES string of the molecule is CCn1cc(NC(=O)C(C)n2nc(C(F)F)cc2C)c(C(=O)NCC(C)C)n1. The van der Waals surface area contributed by atoms with Gasteiger partial charge in [-0.2, -0.15) is 10.2 Å². The van der Waals surface area contributed by atoms with Crippen molar-refractivity contribution >= 4 is 17.5 Å². The summed E-state index contributed by atoms with van der Waals surface area (Å²) in [5, 5.41) is 13.4. The summed E-state index contributed by atoms with van der Waals surface area (Å²) < 4.78 is 28.5. The molecule has 8 nitrogen and oxygen atoms in total. The molecule has 0 saturated carbocycles. The van der Waals surface area contributed by atoms with Crippen LogP contribution in [0, 0.1) is 12.8 Å². The lowest BCUT2D eigenvalue weighted by Gasteiger charge is -2.14. The molecule has 0 saturated heterocycles. The first-order valence-electron chi connectivity index (χ1n) is 9.14. The standard InChI is InChI=1S/C18H26F2N6O2/c1-6-25-9-14(15(24-25)18(28)21-8-10(2)3)22-17(27)12(5)26-11(4)7-13(23-26)16(19)20/h7,9-10,12,16H,6,8H2,1-5H3,(H,21,28)(H,22,27). The molecule has 1 unspecified atom stereocenters. The van der Waals surface area contributed by atoms with E-state index >= 15 is 0 Å². The third kappa shape index (κ3) is 4.93. The van der Waals surface area contributed by atoms with Crippen molar-refractivity contribution in [2.24, 2.45) is 5.92 Å². The number of aromatic nitrogens is 4. The van der Waals surface area contributed by atoms with Crippen LogP contribution in [0.1, 0.15) is 62.0 Å². The van der Waals surface area contributed by atoms with Crippen LogP contribution in [0.25, 0.3) is 0 Å². The average Bonchev–Trinajstić information content (AvgIpc) is 3.22. The number of rotatable bonds is 8. The highest BCUT2D eigenvalue weighted by molar-refractivity contribution is 6.03.